The summed E-state index contributed by atoms with van der Waals surface area (Å²) >= 11 is 1.61. The van der Waals surface area contributed by atoms with Crippen molar-refractivity contribution in [2.45, 2.75) is 18.3 Å². The third kappa shape index (κ3) is 4.67. The molecule has 132 valence electrons. The van der Waals surface area contributed by atoms with Crippen LogP contribution in [-0.4, -0.2) is 36.1 Å². The molecule has 0 amide bonds. The second-order valence-electron chi connectivity index (χ2n) is 5.80. The maximum atomic E-state index is 11.0. The fraction of sp³-hybridized carbons (Fsp3) is 0.316. The summed E-state index contributed by atoms with van der Waals surface area (Å²) in [5, 5.41) is 12.2. The van der Waals surface area contributed by atoms with Gasteiger partial charge in [-0.1, -0.05) is 30.3 Å². The minimum atomic E-state index is -0.802. The van der Waals surface area contributed by atoms with Crippen LogP contribution in [0.1, 0.15) is 16.5 Å². The smallest absolute Gasteiger partial charge is 0.321 e. The molecule has 2 aromatic rings. The lowest BCUT2D eigenvalue weighted by atomic mass is 10.2. The Kier molecular flexibility index (Phi) is 5.83. The number of thioether (sulfide) groups is 1. The normalized spacial score (nSPS) is 19.6. The second kappa shape index (κ2) is 8.27. The summed E-state index contributed by atoms with van der Waals surface area (Å²) in [5.41, 5.74) is 2.16. The molecule has 1 heterocycles. The van der Waals surface area contributed by atoms with Gasteiger partial charge in [0.1, 0.15) is 30.8 Å². The number of aliphatic carboxylic acids is 1. The quantitative estimate of drug-likeness (QED) is 0.740. The molecule has 3 rings (SSSR count). The lowest BCUT2D eigenvalue weighted by Crippen LogP contribution is -2.33. The minimum absolute atomic E-state index is 0.0135. The first-order valence-corrected chi connectivity index (χ1v) is 9.20. The van der Waals surface area contributed by atoms with Gasteiger partial charge in [0.25, 0.3) is 0 Å². The monoisotopic (exact) mass is 359 g/mol. The van der Waals surface area contributed by atoms with Crippen LogP contribution in [0.4, 0.5) is 0 Å². The van der Waals surface area contributed by atoms with Crippen LogP contribution in [0, 0.1) is 6.92 Å². The van der Waals surface area contributed by atoms with Crippen LogP contribution in [0.15, 0.2) is 48.5 Å². The van der Waals surface area contributed by atoms with E-state index in [2.05, 4.69) is 5.32 Å². The molecule has 2 unspecified atom stereocenters. The van der Waals surface area contributed by atoms with Gasteiger partial charge in [0, 0.05) is 5.75 Å². The van der Waals surface area contributed by atoms with Crippen LogP contribution in [-0.2, 0) is 4.79 Å². The van der Waals surface area contributed by atoms with Crippen molar-refractivity contribution in [3.05, 3.63) is 59.7 Å². The van der Waals surface area contributed by atoms with E-state index in [1.165, 1.54) is 0 Å². The largest absolute Gasteiger partial charge is 0.490 e. The van der Waals surface area contributed by atoms with Crippen molar-refractivity contribution in [3.8, 4) is 11.5 Å². The van der Waals surface area contributed by atoms with E-state index in [4.69, 9.17) is 14.6 Å². The third-order valence-corrected chi connectivity index (χ3v) is 5.23. The standard InChI is InChI=1S/C19H21NO4S/c1-13-4-2-3-5-17(13)24-11-10-23-15-8-6-14(7-9-15)18-20-16(12-25-18)19(21)22/h2-9,16,18,20H,10-12H2,1H3,(H,21,22). The number of hydrogen-bond donors (Lipinski definition) is 2. The average molecular weight is 359 g/mol. The number of rotatable bonds is 7. The zero-order valence-electron chi connectivity index (χ0n) is 14.0. The second-order valence-corrected chi connectivity index (χ2v) is 6.94. The van der Waals surface area contributed by atoms with E-state index in [9.17, 15) is 4.79 Å². The zero-order chi connectivity index (χ0) is 17.6. The first-order chi connectivity index (χ1) is 12.1. The fourth-order valence-corrected chi connectivity index (χ4v) is 3.81. The summed E-state index contributed by atoms with van der Waals surface area (Å²) in [4.78, 5) is 11.0. The highest BCUT2D eigenvalue weighted by molar-refractivity contribution is 7.99. The Labute approximate surface area is 151 Å². The summed E-state index contributed by atoms with van der Waals surface area (Å²) in [6.45, 7) is 2.96. The van der Waals surface area contributed by atoms with Gasteiger partial charge >= 0.3 is 5.97 Å². The highest BCUT2D eigenvalue weighted by atomic mass is 32.2. The van der Waals surface area contributed by atoms with Crippen molar-refractivity contribution in [2.24, 2.45) is 0 Å². The minimum Gasteiger partial charge on any atom is -0.490 e. The van der Waals surface area contributed by atoms with Crippen molar-refractivity contribution in [1.29, 1.82) is 0 Å². The molecule has 0 bridgehead atoms. The Morgan fingerprint density at radius 3 is 2.56 bits per heavy atom. The SMILES string of the molecule is Cc1ccccc1OCCOc1ccc(C2NC(C(=O)O)CS2)cc1. The molecular weight excluding hydrogens is 338 g/mol. The molecule has 0 saturated carbocycles. The lowest BCUT2D eigenvalue weighted by molar-refractivity contribution is -0.138. The summed E-state index contributed by atoms with van der Waals surface area (Å²) in [6, 6.07) is 15.1. The van der Waals surface area contributed by atoms with Gasteiger partial charge in [-0.2, -0.15) is 0 Å². The van der Waals surface area contributed by atoms with E-state index in [0.717, 1.165) is 22.6 Å². The maximum Gasteiger partial charge on any atom is 0.321 e. The summed E-state index contributed by atoms with van der Waals surface area (Å²) in [5.74, 6) is 1.42. The topological polar surface area (TPSA) is 67.8 Å². The van der Waals surface area contributed by atoms with Gasteiger partial charge in [-0.25, -0.2) is 0 Å². The summed E-state index contributed by atoms with van der Waals surface area (Å²) in [6.07, 6.45) is 0. The molecule has 0 spiro atoms. The number of nitrogens with one attached hydrogen (secondary N) is 1. The molecule has 25 heavy (non-hydrogen) atoms. The fourth-order valence-electron chi connectivity index (χ4n) is 2.57. The molecular formula is C19H21NO4S. The maximum absolute atomic E-state index is 11.0. The molecule has 0 aromatic heterocycles. The van der Waals surface area contributed by atoms with Gasteiger partial charge in [-0.15, -0.1) is 11.8 Å². The van der Waals surface area contributed by atoms with Crippen molar-refractivity contribution in [1.82, 2.24) is 5.32 Å². The van der Waals surface area contributed by atoms with Crippen LogP contribution >= 0.6 is 11.8 Å². The zero-order valence-corrected chi connectivity index (χ0v) is 14.8. The number of carbonyl (C=O) groups is 1. The first kappa shape index (κ1) is 17.6. The van der Waals surface area contributed by atoms with E-state index >= 15 is 0 Å². The predicted molar refractivity (Wildman–Crippen MR) is 98.4 cm³/mol. The van der Waals surface area contributed by atoms with Crippen LogP contribution < -0.4 is 14.8 Å². The number of hydrogen-bond acceptors (Lipinski definition) is 5. The van der Waals surface area contributed by atoms with Gasteiger partial charge in [0.2, 0.25) is 0 Å². The van der Waals surface area contributed by atoms with Gasteiger partial charge in [0.05, 0.1) is 5.37 Å². The van der Waals surface area contributed by atoms with Gasteiger partial charge in [0.15, 0.2) is 0 Å². The molecule has 1 saturated heterocycles. The van der Waals surface area contributed by atoms with E-state index in [1.54, 1.807) is 11.8 Å². The van der Waals surface area contributed by atoms with E-state index in [1.807, 2.05) is 55.5 Å². The Morgan fingerprint density at radius 2 is 1.88 bits per heavy atom. The molecule has 0 radical (unpaired) electrons. The summed E-state index contributed by atoms with van der Waals surface area (Å²) < 4.78 is 11.4. The Balaban J connectivity index is 1.45. The van der Waals surface area contributed by atoms with Crippen LogP contribution in [0.5, 0.6) is 11.5 Å². The number of benzene rings is 2. The van der Waals surface area contributed by atoms with Crippen molar-refractivity contribution in [2.75, 3.05) is 19.0 Å². The van der Waals surface area contributed by atoms with Crippen LogP contribution in [0.2, 0.25) is 0 Å². The molecule has 0 aliphatic carbocycles. The molecule has 6 heteroatoms. The summed E-state index contributed by atoms with van der Waals surface area (Å²) in [7, 11) is 0. The molecule has 5 nitrogen and oxygen atoms in total. The highest BCUT2D eigenvalue weighted by Crippen LogP contribution is 2.33. The van der Waals surface area contributed by atoms with E-state index in [0.29, 0.717) is 19.0 Å². The van der Waals surface area contributed by atoms with Crippen molar-refractivity contribution in [3.63, 3.8) is 0 Å². The Hall–Kier alpha value is -2.18. The van der Waals surface area contributed by atoms with Gasteiger partial charge in [-0.05, 0) is 36.2 Å². The molecule has 1 fully saturated rings. The molecule has 1 aliphatic rings. The van der Waals surface area contributed by atoms with Gasteiger partial charge in [-0.3, -0.25) is 10.1 Å². The van der Waals surface area contributed by atoms with Gasteiger partial charge < -0.3 is 14.6 Å². The Morgan fingerprint density at radius 1 is 1.16 bits per heavy atom. The average Bonchev–Trinajstić information content (AvgIpc) is 3.11. The van der Waals surface area contributed by atoms with Crippen molar-refractivity contribution < 1.29 is 19.4 Å². The molecule has 2 N–H and O–H groups in total. The molecule has 2 aromatic carbocycles. The lowest BCUT2D eigenvalue weighted by Gasteiger charge is -2.13. The first-order valence-electron chi connectivity index (χ1n) is 8.15. The number of aryl methyl sites for hydroxylation is 1. The molecule has 1 aliphatic heterocycles. The van der Waals surface area contributed by atoms with E-state index < -0.39 is 12.0 Å². The molecule has 2 atom stereocenters. The van der Waals surface area contributed by atoms with Crippen LogP contribution in [0.3, 0.4) is 0 Å². The Bertz CT molecular complexity index is 720. The van der Waals surface area contributed by atoms with E-state index in [-0.39, 0.29) is 5.37 Å². The number of para-hydroxylation sites is 1. The number of carboxylic acids is 1. The predicted octanol–water partition coefficient (Wildman–Crippen LogP) is 3.24. The third-order valence-electron chi connectivity index (χ3n) is 3.97. The number of ether oxygens (including phenoxy) is 2. The van der Waals surface area contributed by atoms with Crippen molar-refractivity contribution >= 4 is 17.7 Å². The van der Waals surface area contributed by atoms with Crippen LogP contribution in [0.25, 0.3) is 0 Å². The number of carboxylic acid groups (broad SMARTS) is 1. The highest BCUT2D eigenvalue weighted by Gasteiger charge is 2.30.